The van der Waals surface area contributed by atoms with E-state index >= 15 is 0 Å². The van der Waals surface area contributed by atoms with Crippen LogP contribution >= 0.6 is 0 Å². The van der Waals surface area contributed by atoms with Gasteiger partial charge in [-0.25, -0.2) is 0 Å². The van der Waals surface area contributed by atoms with Crippen LogP contribution < -0.4 is 0 Å². The average Bonchev–Trinajstić information content (AvgIpc) is 2.18. The van der Waals surface area contributed by atoms with Gasteiger partial charge >= 0.3 is 0 Å². The molecule has 0 aromatic carbocycles. The molecule has 1 aliphatic carbocycles. The van der Waals surface area contributed by atoms with E-state index in [1.807, 2.05) is 32.0 Å². The Morgan fingerprint density at radius 3 is 2.27 bits per heavy atom. The number of carbonyl (C=O) groups is 1. The second kappa shape index (κ2) is 2.45. The Morgan fingerprint density at radius 1 is 1.55 bits per heavy atom. The van der Waals surface area contributed by atoms with Gasteiger partial charge in [0.15, 0.2) is 5.78 Å². The summed E-state index contributed by atoms with van der Waals surface area (Å²) in [6, 6.07) is 0. The molecule has 0 saturated heterocycles. The van der Waals surface area contributed by atoms with Crippen LogP contribution in [0.3, 0.4) is 0 Å². The highest BCUT2D eigenvalue weighted by Crippen LogP contribution is 2.30. The Bertz CT molecular complexity index is 208. The molecule has 11 heavy (non-hydrogen) atoms. The fourth-order valence-corrected chi connectivity index (χ4v) is 1.44. The van der Waals surface area contributed by atoms with E-state index in [4.69, 9.17) is 0 Å². The van der Waals surface area contributed by atoms with Gasteiger partial charge in [0.25, 0.3) is 0 Å². The van der Waals surface area contributed by atoms with Crippen molar-refractivity contribution < 1.29 is 4.79 Å². The van der Waals surface area contributed by atoms with Crippen molar-refractivity contribution in [3.05, 3.63) is 12.2 Å². The zero-order chi connectivity index (χ0) is 8.65. The number of nitrogens with zero attached hydrogens (tertiary/aromatic N) is 1. The molecule has 0 bridgehead atoms. The molecule has 1 aliphatic rings. The minimum atomic E-state index is -0.306. The van der Waals surface area contributed by atoms with Gasteiger partial charge in [0.05, 0.1) is 5.54 Å². The van der Waals surface area contributed by atoms with E-state index in [0.717, 1.165) is 0 Å². The summed E-state index contributed by atoms with van der Waals surface area (Å²) < 4.78 is 0. The van der Waals surface area contributed by atoms with Crippen molar-refractivity contribution in [3.8, 4) is 0 Å². The van der Waals surface area contributed by atoms with Gasteiger partial charge in [-0.05, 0) is 33.0 Å². The minimum absolute atomic E-state index is 0.218. The quantitative estimate of drug-likeness (QED) is 0.562. The molecule has 0 fully saturated rings. The van der Waals surface area contributed by atoms with E-state index in [1.165, 1.54) is 0 Å². The van der Waals surface area contributed by atoms with Crippen LogP contribution in [0.15, 0.2) is 12.2 Å². The van der Waals surface area contributed by atoms with Crippen LogP contribution in [0.1, 0.15) is 13.8 Å². The average molecular weight is 153 g/mol. The summed E-state index contributed by atoms with van der Waals surface area (Å²) in [5, 5.41) is 0. The van der Waals surface area contributed by atoms with Crippen molar-refractivity contribution in [1.29, 1.82) is 0 Å². The molecule has 0 saturated carbocycles. The number of hydrogen-bond acceptors (Lipinski definition) is 2. The van der Waals surface area contributed by atoms with E-state index in [0.29, 0.717) is 5.92 Å². The lowest BCUT2D eigenvalue weighted by molar-refractivity contribution is -0.124. The summed E-state index contributed by atoms with van der Waals surface area (Å²) in [5.41, 5.74) is -0.306. The second-order valence-corrected chi connectivity index (χ2v) is 3.55. The molecule has 0 N–H and O–H groups in total. The van der Waals surface area contributed by atoms with Crippen molar-refractivity contribution in [2.24, 2.45) is 5.92 Å². The third-order valence-electron chi connectivity index (χ3n) is 2.85. The molecule has 0 amide bonds. The standard InChI is InChI=1S/C9H15NO/c1-7-5-6-8(11)9(7,2)10(3)4/h5-7H,1-4H3. The Balaban J connectivity index is 2.94. The zero-order valence-electron chi connectivity index (χ0n) is 7.59. The zero-order valence-corrected chi connectivity index (χ0v) is 7.59. The molecular weight excluding hydrogens is 138 g/mol. The van der Waals surface area contributed by atoms with E-state index in [1.54, 1.807) is 6.08 Å². The first-order valence-corrected chi connectivity index (χ1v) is 3.89. The topological polar surface area (TPSA) is 20.3 Å². The van der Waals surface area contributed by atoms with Crippen LogP contribution in [0.5, 0.6) is 0 Å². The summed E-state index contributed by atoms with van der Waals surface area (Å²) in [7, 11) is 3.89. The number of rotatable bonds is 1. The molecule has 0 aliphatic heterocycles. The molecule has 0 heterocycles. The maximum atomic E-state index is 11.4. The maximum absolute atomic E-state index is 11.4. The van der Waals surface area contributed by atoms with Gasteiger partial charge in [0.1, 0.15) is 0 Å². The van der Waals surface area contributed by atoms with E-state index in [2.05, 4.69) is 6.92 Å². The molecular formula is C9H15NO. The Kier molecular flexibility index (Phi) is 1.89. The Morgan fingerprint density at radius 2 is 2.09 bits per heavy atom. The first-order chi connectivity index (χ1) is 4.99. The number of hydrogen-bond donors (Lipinski definition) is 0. The molecule has 0 radical (unpaired) electrons. The summed E-state index contributed by atoms with van der Waals surface area (Å²) in [5.74, 6) is 0.542. The number of likely N-dealkylation sites (N-methyl/N-ethyl adjacent to an activating group) is 1. The van der Waals surface area contributed by atoms with Crippen molar-refractivity contribution in [2.75, 3.05) is 14.1 Å². The first-order valence-electron chi connectivity index (χ1n) is 3.89. The van der Waals surface area contributed by atoms with Crippen LogP contribution in [0.25, 0.3) is 0 Å². The molecule has 0 aromatic heterocycles. The molecule has 0 spiro atoms. The fraction of sp³-hybridized carbons (Fsp3) is 0.667. The first kappa shape index (κ1) is 8.47. The van der Waals surface area contributed by atoms with Gasteiger partial charge in [-0.1, -0.05) is 13.0 Å². The van der Waals surface area contributed by atoms with Crippen molar-refractivity contribution in [2.45, 2.75) is 19.4 Å². The molecule has 2 heteroatoms. The lowest BCUT2D eigenvalue weighted by atomic mass is 9.88. The lowest BCUT2D eigenvalue weighted by Gasteiger charge is -2.34. The largest absolute Gasteiger partial charge is 0.297 e. The summed E-state index contributed by atoms with van der Waals surface area (Å²) in [4.78, 5) is 13.4. The predicted octanol–water partition coefficient (Wildman–Crippen LogP) is 1.08. The summed E-state index contributed by atoms with van der Waals surface area (Å²) in [6.45, 7) is 4.06. The smallest absolute Gasteiger partial charge is 0.175 e. The Labute approximate surface area is 67.9 Å². The van der Waals surface area contributed by atoms with Gasteiger partial charge in [-0.15, -0.1) is 0 Å². The van der Waals surface area contributed by atoms with Crippen molar-refractivity contribution in [1.82, 2.24) is 4.90 Å². The number of carbonyl (C=O) groups excluding carboxylic acids is 1. The minimum Gasteiger partial charge on any atom is -0.297 e. The van der Waals surface area contributed by atoms with E-state index < -0.39 is 0 Å². The van der Waals surface area contributed by atoms with Gasteiger partial charge < -0.3 is 0 Å². The molecule has 2 atom stereocenters. The summed E-state index contributed by atoms with van der Waals surface area (Å²) in [6.07, 6.45) is 3.66. The van der Waals surface area contributed by atoms with Crippen LogP contribution in [-0.4, -0.2) is 30.3 Å². The highest BCUT2D eigenvalue weighted by molar-refractivity contribution is 6.00. The number of ketones is 1. The molecule has 2 unspecified atom stereocenters. The Hall–Kier alpha value is -0.630. The molecule has 0 aromatic rings. The van der Waals surface area contributed by atoms with Crippen LogP contribution in [-0.2, 0) is 4.79 Å². The fourth-order valence-electron chi connectivity index (χ4n) is 1.44. The third-order valence-corrected chi connectivity index (χ3v) is 2.85. The SMILES string of the molecule is CC1C=CC(=O)C1(C)N(C)C. The monoisotopic (exact) mass is 153 g/mol. The van der Waals surface area contributed by atoms with Crippen LogP contribution in [0.2, 0.25) is 0 Å². The molecule has 62 valence electrons. The van der Waals surface area contributed by atoms with Crippen molar-refractivity contribution in [3.63, 3.8) is 0 Å². The normalized spacial score (nSPS) is 37.2. The predicted molar refractivity (Wildman–Crippen MR) is 45.4 cm³/mol. The van der Waals surface area contributed by atoms with E-state index in [-0.39, 0.29) is 11.3 Å². The van der Waals surface area contributed by atoms with E-state index in [9.17, 15) is 4.79 Å². The van der Waals surface area contributed by atoms with Gasteiger partial charge in [0.2, 0.25) is 0 Å². The maximum Gasteiger partial charge on any atom is 0.175 e. The third kappa shape index (κ3) is 1.02. The van der Waals surface area contributed by atoms with Gasteiger partial charge in [-0.2, -0.15) is 0 Å². The highest BCUT2D eigenvalue weighted by atomic mass is 16.1. The van der Waals surface area contributed by atoms with Crippen molar-refractivity contribution >= 4 is 5.78 Å². The van der Waals surface area contributed by atoms with Gasteiger partial charge in [0, 0.05) is 0 Å². The molecule has 2 nitrogen and oxygen atoms in total. The lowest BCUT2D eigenvalue weighted by Crippen LogP contribution is -2.49. The second-order valence-electron chi connectivity index (χ2n) is 3.55. The van der Waals surface area contributed by atoms with Crippen LogP contribution in [0, 0.1) is 5.92 Å². The molecule has 1 rings (SSSR count). The van der Waals surface area contributed by atoms with Gasteiger partial charge in [-0.3, -0.25) is 9.69 Å². The highest BCUT2D eigenvalue weighted by Gasteiger charge is 2.41. The summed E-state index contributed by atoms with van der Waals surface area (Å²) >= 11 is 0. The van der Waals surface area contributed by atoms with Crippen LogP contribution in [0.4, 0.5) is 0 Å².